The van der Waals surface area contributed by atoms with Gasteiger partial charge in [-0.25, -0.2) is 27.7 Å². The third-order valence-corrected chi connectivity index (χ3v) is 4.09. The number of nitrogens with one attached hydrogen (secondary N) is 2. The van der Waals surface area contributed by atoms with Crippen LogP contribution in [0.5, 0.6) is 0 Å². The molecule has 130 valence electrons. The van der Waals surface area contributed by atoms with E-state index in [9.17, 15) is 13.2 Å². The smallest absolute Gasteiger partial charge is 0.282 e. The van der Waals surface area contributed by atoms with E-state index < -0.39 is 12.6 Å². The van der Waals surface area contributed by atoms with Crippen LogP contribution in [0.4, 0.5) is 19.0 Å². The highest BCUT2D eigenvalue weighted by atomic mass is 19.3. The maximum Gasteiger partial charge on any atom is 0.282 e. The minimum atomic E-state index is -2.67. The molecule has 25 heavy (non-hydrogen) atoms. The number of alkyl halides is 3. The second-order valence-corrected chi connectivity index (χ2v) is 5.81. The third-order valence-electron chi connectivity index (χ3n) is 4.09. The predicted molar refractivity (Wildman–Crippen MR) is 86.4 cm³/mol. The molecule has 0 saturated carbocycles. The maximum absolute atomic E-state index is 13.7. The van der Waals surface area contributed by atoms with Crippen LogP contribution in [0.2, 0.25) is 0 Å². The van der Waals surface area contributed by atoms with E-state index >= 15 is 0 Å². The lowest BCUT2D eigenvalue weighted by Crippen LogP contribution is -2.29. The van der Waals surface area contributed by atoms with Gasteiger partial charge in [0.2, 0.25) is 0 Å². The zero-order chi connectivity index (χ0) is 17.4. The second kappa shape index (κ2) is 6.32. The Kier molecular flexibility index (Phi) is 4.00. The normalized spacial score (nSPS) is 20.5. The maximum atomic E-state index is 13.7. The molecule has 2 N–H and O–H groups in total. The summed E-state index contributed by atoms with van der Waals surface area (Å²) in [6, 6.07) is 7.60. The first kappa shape index (κ1) is 15.8. The molecule has 0 radical (unpaired) electrons. The summed E-state index contributed by atoms with van der Waals surface area (Å²) in [5.41, 5.74) is 1.11. The number of hydrogen-bond donors (Lipinski definition) is 2. The minimum absolute atomic E-state index is 0.310. The minimum Gasteiger partial charge on any atom is -0.363 e. The van der Waals surface area contributed by atoms with E-state index in [1.807, 2.05) is 0 Å². The average molecular weight is 348 g/mol. The summed E-state index contributed by atoms with van der Waals surface area (Å²) in [5.74, 6) is 0.508. The summed E-state index contributed by atoms with van der Waals surface area (Å²) in [6.07, 6.45) is -2.13. The molecule has 3 aromatic heterocycles. The van der Waals surface area contributed by atoms with Crippen LogP contribution in [-0.4, -0.2) is 44.9 Å². The summed E-state index contributed by atoms with van der Waals surface area (Å²) in [7, 11) is 0. The van der Waals surface area contributed by atoms with E-state index in [-0.39, 0.29) is 11.7 Å². The Morgan fingerprint density at radius 3 is 2.84 bits per heavy atom. The Labute approximate surface area is 141 Å². The van der Waals surface area contributed by atoms with Crippen molar-refractivity contribution in [1.29, 1.82) is 0 Å². The van der Waals surface area contributed by atoms with Crippen molar-refractivity contribution in [3.05, 3.63) is 42.2 Å². The molecule has 4 heterocycles. The van der Waals surface area contributed by atoms with E-state index in [0.29, 0.717) is 35.9 Å². The number of pyridine rings is 1. The van der Waals surface area contributed by atoms with Crippen molar-refractivity contribution in [3.63, 3.8) is 0 Å². The first-order valence-corrected chi connectivity index (χ1v) is 7.83. The van der Waals surface area contributed by atoms with E-state index in [1.54, 1.807) is 18.2 Å². The molecule has 1 fully saturated rings. The molecule has 0 aliphatic carbocycles. The second-order valence-electron chi connectivity index (χ2n) is 5.81. The number of rotatable bonds is 4. The van der Waals surface area contributed by atoms with Gasteiger partial charge >= 0.3 is 0 Å². The fourth-order valence-corrected chi connectivity index (χ4v) is 2.81. The van der Waals surface area contributed by atoms with Crippen LogP contribution in [0.15, 0.2) is 36.5 Å². The van der Waals surface area contributed by atoms with E-state index in [0.717, 1.165) is 0 Å². The van der Waals surface area contributed by atoms with Crippen molar-refractivity contribution in [1.82, 2.24) is 24.9 Å². The molecule has 0 spiro atoms. The van der Waals surface area contributed by atoms with Crippen LogP contribution < -0.4 is 10.6 Å². The zero-order valence-corrected chi connectivity index (χ0v) is 13.0. The Balaban J connectivity index is 1.68. The highest BCUT2D eigenvalue weighted by molar-refractivity contribution is 5.61. The summed E-state index contributed by atoms with van der Waals surface area (Å²) >= 11 is 0. The molecular formula is C16H15F3N6. The fourth-order valence-electron chi connectivity index (χ4n) is 2.81. The standard InChI is InChI=1S/C16H15F3N6/c17-9-6-20-7-12(9)23-14-3-1-2-10(22-14)13-8-21-15-5-4-11(16(18)19)24-25(13)15/h1-5,8-9,12,16,20H,6-7H2,(H,22,23)/t9-,12-/m0/s1. The van der Waals surface area contributed by atoms with Crippen molar-refractivity contribution >= 4 is 11.5 Å². The molecular weight excluding hydrogens is 333 g/mol. The molecule has 0 aromatic carbocycles. The van der Waals surface area contributed by atoms with E-state index in [1.165, 1.54) is 22.8 Å². The summed E-state index contributed by atoms with van der Waals surface area (Å²) in [6.45, 7) is 0.826. The van der Waals surface area contributed by atoms with Crippen LogP contribution in [0, 0.1) is 0 Å². The van der Waals surface area contributed by atoms with Crippen molar-refractivity contribution in [2.24, 2.45) is 0 Å². The van der Waals surface area contributed by atoms with Crippen molar-refractivity contribution in [3.8, 4) is 11.4 Å². The molecule has 1 aliphatic rings. The molecule has 1 aliphatic heterocycles. The van der Waals surface area contributed by atoms with Crippen LogP contribution >= 0.6 is 0 Å². The summed E-state index contributed by atoms with van der Waals surface area (Å²) < 4.78 is 40.9. The SMILES string of the molecule is FC(F)c1ccc2ncc(-c3cccc(N[C@H]4CNC[C@@H]4F)n3)n2n1. The first-order chi connectivity index (χ1) is 12.1. The lowest BCUT2D eigenvalue weighted by molar-refractivity contribution is 0.144. The number of aromatic nitrogens is 4. The van der Waals surface area contributed by atoms with Gasteiger partial charge < -0.3 is 10.6 Å². The van der Waals surface area contributed by atoms with Gasteiger partial charge in [-0.05, 0) is 24.3 Å². The number of hydrogen-bond acceptors (Lipinski definition) is 5. The van der Waals surface area contributed by atoms with Gasteiger partial charge in [-0.3, -0.25) is 0 Å². The first-order valence-electron chi connectivity index (χ1n) is 7.83. The Bertz CT molecular complexity index is 896. The zero-order valence-electron chi connectivity index (χ0n) is 13.0. The van der Waals surface area contributed by atoms with Gasteiger partial charge in [-0.1, -0.05) is 6.07 Å². The van der Waals surface area contributed by atoms with Crippen LogP contribution in [0.1, 0.15) is 12.1 Å². The van der Waals surface area contributed by atoms with E-state index in [2.05, 4.69) is 25.7 Å². The van der Waals surface area contributed by atoms with Gasteiger partial charge in [0.25, 0.3) is 6.43 Å². The molecule has 4 rings (SSSR count). The number of fused-ring (bicyclic) bond motifs is 1. The average Bonchev–Trinajstić information content (AvgIpc) is 3.21. The number of halogens is 3. The van der Waals surface area contributed by atoms with E-state index in [4.69, 9.17) is 0 Å². The van der Waals surface area contributed by atoms with Gasteiger partial charge in [0, 0.05) is 13.1 Å². The number of nitrogens with zero attached hydrogens (tertiary/aromatic N) is 4. The monoisotopic (exact) mass is 348 g/mol. The van der Waals surface area contributed by atoms with Crippen LogP contribution in [0.3, 0.4) is 0 Å². The van der Waals surface area contributed by atoms with Gasteiger partial charge in [0.1, 0.15) is 23.4 Å². The van der Waals surface area contributed by atoms with Crippen molar-refractivity contribution in [2.75, 3.05) is 18.4 Å². The lowest BCUT2D eigenvalue weighted by Gasteiger charge is -2.15. The Morgan fingerprint density at radius 1 is 1.20 bits per heavy atom. The molecule has 9 heteroatoms. The predicted octanol–water partition coefficient (Wildman–Crippen LogP) is 2.45. The third kappa shape index (κ3) is 3.02. The number of anilines is 1. The fraction of sp³-hybridized carbons (Fsp3) is 0.312. The van der Waals surface area contributed by atoms with Gasteiger partial charge in [-0.2, -0.15) is 5.10 Å². The lowest BCUT2D eigenvalue weighted by atomic mass is 10.2. The molecule has 1 saturated heterocycles. The van der Waals surface area contributed by atoms with Crippen LogP contribution in [0.25, 0.3) is 17.0 Å². The summed E-state index contributed by atoms with van der Waals surface area (Å²) in [5, 5.41) is 9.95. The molecule has 0 bridgehead atoms. The molecule has 2 atom stereocenters. The summed E-state index contributed by atoms with van der Waals surface area (Å²) in [4.78, 5) is 8.61. The number of imidazole rings is 1. The van der Waals surface area contributed by atoms with Crippen molar-refractivity contribution in [2.45, 2.75) is 18.6 Å². The Morgan fingerprint density at radius 2 is 2.08 bits per heavy atom. The van der Waals surface area contributed by atoms with Gasteiger partial charge in [0.15, 0.2) is 5.65 Å². The highest BCUT2D eigenvalue weighted by Gasteiger charge is 2.26. The topological polar surface area (TPSA) is 67.1 Å². The highest BCUT2D eigenvalue weighted by Crippen LogP contribution is 2.23. The molecule has 0 unspecified atom stereocenters. The molecule has 3 aromatic rings. The molecule has 6 nitrogen and oxygen atoms in total. The van der Waals surface area contributed by atoms with Crippen molar-refractivity contribution < 1.29 is 13.2 Å². The van der Waals surface area contributed by atoms with Crippen LogP contribution in [-0.2, 0) is 0 Å². The quantitative estimate of drug-likeness (QED) is 0.758. The Hall–Kier alpha value is -2.68. The molecule has 0 amide bonds. The van der Waals surface area contributed by atoms with Gasteiger partial charge in [0.05, 0.1) is 17.9 Å². The largest absolute Gasteiger partial charge is 0.363 e. The van der Waals surface area contributed by atoms with Gasteiger partial charge in [-0.15, -0.1) is 0 Å².